The molecule has 0 saturated heterocycles. The Morgan fingerprint density at radius 1 is 1.42 bits per heavy atom. The first kappa shape index (κ1) is 14.7. The molecule has 108 valence electrons. The highest BCUT2D eigenvalue weighted by atomic mass is 32.2. The Kier molecular flexibility index (Phi) is 5.51. The molecule has 6 heteroatoms. The second-order valence-corrected chi connectivity index (χ2v) is 6.43. The summed E-state index contributed by atoms with van der Waals surface area (Å²) in [6, 6.07) is 0.641. The molecule has 0 aromatic carbocycles. The topological polar surface area (TPSA) is 62.7 Å². The molecule has 0 bridgehead atoms. The van der Waals surface area contributed by atoms with Gasteiger partial charge in [-0.1, -0.05) is 25.6 Å². The largest absolute Gasteiger partial charge is 0.343 e. The van der Waals surface area contributed by atoms with Crippen LogP contribution in [0.3, 0.4) is 0 Å². The Balaban J connectivity index is 1.90. The molecule has 1 aliphatic carbocycles. The van der Waals surface area contributed by atoms with Gasteiger partial charge in [0.1, 0.15) is 0 Å². The highest BCUT2D eigenvalue weighted by Crippen LogP contribution is 2.33. The fourth-order valence-electron chi connectivity index (χ4n) is 2.54. The Morgan fingerprint density at radius 2 is 2.26 bits per heavy atom. The molecule has 1 aliphatic rings. The summed E-state index contributed by atoms with van der Waals surface area (Å²) in [5.41, 5.74) is -0.0806. The summed E-state index contributed by atoms with van der Waals surface area (Å²) >= 11 is 1.76. The molecule has 1 fully saturated rings. The van der Waals surface area contributed by atoms with Gasteiger partial charge in [-0.15, -0.1) is 5.10 Å². The highest BCUT2D eigenvalue weighted by Gasteiger charge is 2.26. The minimum atomic E-state index is -0.0806. The summed E-state index contributed by atoms with van der Waals surface area (Å²) in [6.45, 7) is 6.13. The van der Waals surface area contributed by atoms with Gasteiger partial charge in [0.05, 0.1) is 0 Å². The fraction of sp³-hybridized carbons (Fsp3) is 0.846. The molecule has 2 atom stereocenters. The molecule has 1 saturated carbocycles. The van der Waals surface area contributed by atoms with Crippen LogP contribution in [-0.2, 0) is 6.54 Å². The summed E-state index contributed by atoms with van der Waals surface area (Å²) in [4.78, 5) is 11.6. The zero-order valence-corrected chi connectivity index (χ0v) is 12.6. The number of thioether (sulfide) groups is 1. The van der Waals surface area contributed by atoms with Crippen LogP contribution in [0.1, 0.15) is 46.0 Å². The van der Waals surface area contributed by atoms with Gasteiger partial charge >= 0.3 is 5.69 Å². The maximum absolute atomic E-state index is 11.6. The van der Waals surface area contributed by atoms with Gasteiger partial charge in [0, 0.05) is 17.8 Å². The van der Waals surface area contributed by atoms with Crippen LogP contribution in [0.2, 0.25) is 0 Å². The third-order valence-corrected chi connectivity index (χ3v) is 4.79. The van der Waals surface area contributed by atoms with Crippen LogP contribution in [-0.4, -0.2) is 32.6 Å². The average Bonchev–Trinajstić information content (AvgIpc) is 2.98. The predicted molar refractivity (Wildman–Crippen MR) is 78.7 cm³/mol. The quantitative estimate of drug-likeness (QED) is 0.804. The molecule has 0 radical (unpaired) electrons. The van der Waals surface area contributed by atoms with Crippen molar-refractivity contribution in [1.82, 2.24) is 20.1 Å². The van der Waals surface area contributed by atoms with Gasteiger partial charge in [-0.3, -0.25) is 4.57 Å². The smallest absolute Gasteiger partial charge is 0.314 e. The second kappa shape index (κ2) is 7.14. The highest BCUT2D eigenvalue weighted by molar-refractivity contribution is 7.99. The Bertz CT molecular complexity index is 442. The maximum Gasteiger partial charge on any atom is 0.343 e. The van der Waals surface area contributed by atoms with E-state index in [4.69, 9.17) is 0 Å². The first-order chi connectivity index (χ1) is 9.24. The van der Waals surface area contributed by atoms with Gasteiger partial charge in [0.2, 0.25) is 0 Å². The SMILES string of the molecule is CCCNC1CCC(Sc2n[nH]c(=O)n2CCC)C1. The van der Waals surface area contributed by atoms with Crippen LogP contribution >= 0.6 is 11.8 Å². The summed E-state index contributed by atoms with van der Waals surface area (Å²) < 4.78 is 1.76. The molecular weight excluding hydrogens is 260 g/mol. The van der Waals surface area contributed by atoms with Gasteiger partial charge in [0.15, 0.2) is 5.16 Å². The molecular formula is C13H24N4OS. The lowest BCUT2D eigenvalue weighted by Gasteiger charge is -2.12. The van der Waals surface area contributed by atoms with Crippen molar-refractivity contribution in [1.29, 1.82) is 0 Å². The maximum atomic E-state index is 11.6. The van der Waals surface area contributed by atoms with E-state index in [9.17, 15) is 4.79 Å². The summed E-state index contributed by atoms with van der Waals surface area (Å²) in [5, 5.41) is 11.7. The number of nitrogens with zero attached hydrogens (tertiary/aromatic N) is 2. The number of hydrogen-bond acceptors (Lipinski definition) is 4. The molecule has 0 amide bonds. The Morgan fingerprint density at radius 3 is 3.00 bits per heavy atom. The minimum Gasteiger partial charge on any atom is -0.314 e. The van der Waals surface area contributed by atoms with E-state index < -0.39 is 0 Å². The van der Waals surface area contributed by atoms with Crippen molar-refractivity contribution >= 4 is 11.8 Å². The van der Waals surface area contributed by atoms with Crippen LogP contribution in [0, 0.1) is 0 Å². The van der Waals surface area contributed by atoms with Gasteiger partial charge in [0.25, 0.3) is 0 Å². The number of nitrogens with one attached hydrogen (secondary N) is 2. The average molecular weight is 284 g/mol. The van der Waals surface area contributed by atoms with E-state index in [0.717, 1.165) is 24.7 Å². The van der Waals surface area contributed by atoms with Crippen LogP contribution in [0.15, 0.2) is 9.95 Å². The van der Waals surface area contributed by atoms with E-state index in [1.165, 1.54) is 25.7 Å². The van der Waals surface area contributed by atoms with E-state index in [1.807, 2.05) is 0 Å². The number of aromatic amines is 1. The molecule has 2 unspecified atom stereocenters. The zero-order valence-electron chi connectivity index (χ0n) is 11.8. The van der Waals surface area contributed by atoms with Crippen molar-refractivity contribution < 1.29 is 0 Å². The zero-order chi connectivity index (χ0) is 13.7. The molecule has 1 aromatic heterocycles. The Labute approximate surface area is 118 Å². The van der Waals surface area contributed by atoms with Crippen molar-refractivity contribution in [2.45, 2.75) is 68.9 Å². The van der Waals surface area contributed by atoms with E-state index >= 15 is 0 Å². The van der Waals surface area contributed by atoms with E-state index in [-0.39, 0.29) is 5.69 Å². The van der Waals surface area contributed by atoms with Gasteiger partial charge in [-0.05, 0) is 38.6 Å². The van der Waals surface area contributed by atoms with Crippen molar-refractivity contribution in [3.05, 3.63) is 10.5 Å². The third kappa shape index (κ3) is 3.86. The third-order valence-electron chi connectivity index (χ3n) is 3.51. The number of hydrogen-bond donors (Lipinski definition) is 2. The molecule has 5 nitrogen and oxygen atoms in total. The molecule has 19 heavy (non-hydrogen) atoms. The van der Waals surface area contributed by atoms with E-state index in [1.54, 1.807) is 16.3 Å². The van der Waals surface area contributed by atoms with Crippen molar-refractivity contribution in [3.8, 4) is 0 Å². The number of aromatic nitrogens is 3. The standard InChI is InChI=1S/C13H24N4OS/c1-3-7-14-10-5-6-11(9-10)19-13-16-15-12(18)17(13)8-4-2/h10-11,14H,3-9H2,1-2H3,(H,15,18). The molecule has 2 rings (SSSR count). The predicted octanol–water partition coefficient (Wildman–Crippen LogP) is 1.99. The first-order valence-electron chi connectivity index (χ1n) is 7.29. The normalized spacial score (nSPS) is 23.1. The molecule has 0 spiro atoms. The summed E-state index contributed by atoms with van der Waals surface area (Å²) in [5.74, 6) is 0. The van der Waals surface area contributed by atoms with Crippen LogP contribution in [0.5, 0.6) is 0 Å². The summed E-state index contributed by atoms with van der Waals surface area (Å²) in [6.07, 6.45) is 5.76. The van der Waals surface area contributed by atoms with Crippen LogP contribution < -0.4 is 11.0 Å². The lowest BCUT2D eigenvalue weighted by Crippen LogP contribution is -2.27. The van der Waals surface area contributed by atoms with Crippen LogP contribution in [0.25, 0.3) is 0 Å². The van der Waals surface area contributed by atoms with Crippen molar-refractivity contribution in [3.63, 3.8) is 0 Å². The Hall–Kier alpha value is -0.750. The first-order valence-corrected chi connectivity index (χ1v) is 8.17. The molecule has 1 heterocycles. The lowest BCUT2D eigenvalue weighted by atomic mass is 10.2. The van der Waals surface area contributed by atoms with Gasteiger partial charge < -0.3 is 5.32 Å². The molecule has 2 N–H and O–H groups in total. The summed E-state index contributed by atoms with van der Waals surface area (Å²) in [7, 11) is 0. The second-order valence-electron chi connectivity index (χ2n) is 5.17. The van der Waals surface area contributed by atoms with E-state index in [2.05, 4.69) is 29.4 Å². The van der Waals surface area contributed by atoms with Crippen molar-refractivity contribution in [2.75, 3.05) is 6.54 Å². The number of H-pyrrole nitrogens is 1. The van der Waals surface area contributed by atoms with Crippen molar-refractivity contribution in [2.24, 2.45) is 0 Å². The monoisotopic (exact) mass is 284 g/mol. The van der Waals surface area contributed by atoms with E-state index in [0.29, 0.717) is 11.3 Å². The van der Waals surface area contributed by atoms with Gasteiger partial charge in [-0.25, -0.2) is 9.89 Å². The number of rotatable bonds is 7. The lowest BCUT2D eigenvalue weighted by molar-refractivity contribution is 0.524. The van der Waals surface area contributed by atoms with Gasteiger partial charge in [-0.2, -0.15) is 0 Å². The molecule has 1 aromatic rings. The molecule has 0 aliphatic heterocycles. The van der Waals surface area contributed by atoms with Crippen LogP contribution in [0.4, 0.5) is 0 Å². The minimum absolute atomic E-state index is 0.0806. The fourth-order valence-corrected chi connectivity index (χ4v) is 3.82.